The van der Waals surface area contributed by atoms with Gasteiger partial charge in [-0.3, -0.25) is 0 Å². The van der Waals surface area contributed by atoms with Gasteiger partial charge in [-0.25, -0.2) is 9.78 Å². The lowest BCUT2D eigenvalue weighted by Crippen LogP contribution is -2.44. The molecule has 0 aromatic carbocycles. The molecule has 1 fully saturated rings. The van der Waals surface area contributed by atoms with E-state index >= 15 is 0 Å². The van der Waals surface area contributed by atoms with Gasteiger partial charge in [0.1, 0.15) is 12.4 Å². The van der Waals surface area contributed by atoms with E-state index in [2.05, 4.69) is 27.4 Å². The van der Waals surface area contributed by atoms with E-state index in [0.717, 1.165) is 25.1 Å². The normalized spacial score (nSPS) is 16.7. The van der Waals surface area contributed by atoms with Crippen molar-refractivity contribution in [1.29, 1.82) is 0 Å². The van der Waals surface area contributed by atoms with Crippen LogP contribution in [0.15, 0.2) is 18.7 Å². The largest absolute Gasteiger partial charge is 0.388 e. The van der Waals surface area contributed by atoms with Crippen molar-refractivity contribution < 1.29 is 9.90 Å². The number of piperidine rings is 1. The summed E-state index contributed by atoms with van der Waals surface area (Å²) in [6.07, 6.45) is 8.08. The number of aliphatic hydroxyl groups is 1. The molecule has 3 rings (SSSR count). The smallest absolute Gasteiger partial charge is 0.317 e. The molecule has 0 aliphatic carbocycles. The highest BCUT2D eigenvalue weighted by atomic mass is 16.3. The summed E-state index contributed by atoms with van der Waals surface area (Å²) in [4.78, 5) is 18.3. The highest BCUT2D eigenvalue weighted by Gasteiger charge is 2.27. The van der Waals surface area contributed by atoms with Gasteiger partial charge in [0, 0.05) is 51.0 Å². The Morgan fingerprint density at radius 3 is 2.77 bits per heavy atom. The molecule has 9 heteroatoms. The molecule has 2 aromatic heterocycles. The third-order valence-corrected chi connectivity index (χ3v) is 5.16. The average Bonchev–Trinajstić information content (AvgIpc) is 3.31. The maximum atomic E-state index is 12.4. The van der Waals surface area contributed by atoms with E-state index in [0.29, 0.717) is 31.5 Å². The van der Waals surface area contributed by atoms with Gasteiger partial charge >= 0.3 is 6.03 Å². The molecule has 3 heterocycles. The van der Waals surface area contributed by atoms with Gasteiger partial charge in [-0.2, -0.15) is 0 Å². The summed E-state index contributed by atoms with van der Waals surface area (Å²) in [5.41, 5.74) is 0. The highest BCUT2D eigenvalue weighted by Crippen LogP contribution is 2.26. The van der Waals surface area contributed by atoms with E-state index in [1.165, 1.54) is 0 Å². The van der Waals surface area contributed by atoms with Gasteiger partial charge < -0.3 is 24.5 Å². The van der Waals surface area contributed by atoms with Crippen molar-refractivity contribution in [1.82, 2.24) is 34.5 Å². The fraction of sp³-hybridized carbons (Fsp3) is 0.647. The molecule has 2 N–H and O–H groups in total. The van der Waals surface area contributed by atoms with E-state index in [1.54, 1.807) is 12.5 Å². The van der Waals surface area contributed by atoms with Crippen LogP contribution in [0.2, 0.25) is 0 Å². The van der Waals surface area contributed by atoms with Crippen LogP contribution in [0.5, 0.6) is 0 Å². The summed E-state index contributed by atoms with van der Waals surface area (Å²) < 4.78 is 3.90. The van der Waals surface area contributed by atoms with Crippen molar-refractivity contribution in [3.63, 3.8) is 0 Å². The number of carbonyl (C=O) groups is 1. The number of hydrogen-bond donors (Lipinski definition) is 2. The number of imidazole rings is 1. The number of likely N-dealkylation sites (tertiary alicyclic amines) is 1. The molecule has 2 amide bonds. The van der Waals surface area contributed by atoms with E-state index < -0.39 is 0 Å². The fourth-order valence-electron chi connectivity index (χ4n) is 3.39. The van der Waals surface area contributed by atoms with Gasteiger partial charge in [0.15, 0.2) is 5.82 Å². The second-order valence-corrected chi connectivity index (χ2v) is 6.83. The Balaban J connectivity index is 1.42. The first-order valence-corrected chi connectivity index (χ1v) is 9.09. The van der Waals surface area contributed by atoms with E-state index in [1.807, 2.05) is 27.3 Å². The number of nitrogens with zero attached hydrogens (tertiary/aromatic N) is 6. The first-order chi connectivity index (χ1) is 12.6. The third kappa shape index (κ3) is 4.04. The molecular formula is C17H27N7O2. The predicted molar refractivity (Wildman–Crippen MR) is 95.4 cm³/mol. The lowest BCUT2D eigenvalue weighted by atomic mass is 9.96. The summed E-state index contributed by atoms with van der Waals surface area (Å²) >= 11 is 0. The molecule has 1 saturated heterocycles. The van der Waals surface area contributed by atoms with Gasteiger partial charge in [-0.1, -0.05) is 0 Å². The van der Waals surface area contributed by atoms with E-state index in [-0.39, 0.29) is 18.6 Å². The number of rotatable bonds is 6. The van der Waals surface area contributed by atoms with Crippen molar-refractivity contribution in [2.75, 3.05) is 19.6 Å². The zero-order valence-electron chi connectivity index (χ0n) is 15.4. The molecule has 0 spiro atoms. The maximum absolute atomic E-state index is 12.4. The van der Waals surface area contributed by atoms with Gasteiger partial charge in [0.05, 0.1) is 6.33 Å². The van der Waals surface area contributed by atoms with Crippen LogP contribution < -0.4 is 5.32 Å². The third-order valence-electron chi connectivity index (χ3n) is 5.16. The Labute approximate surface area is 153 Å². The molecule has 0 saturated carbocycles. The number of aliphatic hydroxyl groups excluding tert-OH is 1. The molecule has 0 bridgehead atoms. The Hall–Kier alpha value is -2.42. The monoisotopic (exact) mass is 361 g/mol. The van der Waals surface area contributed by atoms with Crippen molar-refractivity contribution in [3.8, 4) is 0 Å². The minimum atomic E-state index is -0.109. The molecule has 0 radical (unpaired) electrons. The predicted octanol–water partition coefficient (Wildman–Crippen LogP) is 1.04. The Bertz CT molecular complexity index is 705. The van der Waals surface area contributed by atoms with E-state index in [4.69, 9.17) is 0 Å². The number of amides is 2. The second-order valence-electron chi connectivity index (χ2n) is 6.83. The number of urea groups is 1. The lowest BCUT2D eigenvalue weighted by molar-refractivity contribution is 0.179. The van der Waals surface area contributed by atoms with Crippen LogP contribution >= 0.6 is 0 Å². The zero-order valence-corrected chi connectivity index (χ0v) is 15.4. The van der Waals surface area contributed by atoms with Crippen molar-refractivity contribution in [3.05, 3.63) is 30.4 Å². The standard InChI is InChI=1S/C17H27N7O2/c1-13(24-10-7-18-12-24)3-6-19-17(26)23-8-4-14(5-9-23)16-21-20-15(11-25)22(16)2/h7,10,12-14,25H,3-6,8-9,11H2,1-2H3,(H,19,26)/t13-/m0/s1. The van der Waals surface area contributed by atoms with E-state index in [9.17, 15) is 9.90 Å². The van der Waals surface area contributed by atoms with Crippen LogP contribution in [0.25, 0.3) is 0 Å². The van der Waals surface area contributed by atoms with Gasteiger partial charge in [-0.05, 0) is 26.2 Å². The van der Waals surface area contributed by atoms with Crippen LogP contribution in [-0.2, 0) is 13.7 Å². The molecule has 0 unspecified atom stereocenters. The van der Waals surface area contributed by atoms with Crippen molar-refractivity contribution in [2.45, 2.75) is 44.8 Å². The molecule has 1 aliphatic heterocycles. The number of hydrogen-bond acceptors (Lipinski definition) is 5. The topological polar surface area (TPSA) is 101 Å². The molecular weight excluding hydrogens is 334 g/mol. The molecule has 1 aliphatic rings. The van der Waals surface area contributed by atoms with Crippen molar-refractivity contribution >= 4 is 6.03 Å². The maximum Gasteiger partial charge on any atom is 0.317 e. The number of aromatic nitrogens is 5. The fourth-order valence-corrected chi connectivity index (χ4v) is 3.39. The van der Waals surface area contributed by atoms with Crippen LogP contribution in [-0.4, -0.2) is 60.0 Å². The SMILES string of the molecule is C[C@@H](CCNC(=O)N1CCC(c2nnc(CO)n2C)CC1)n1ccnc1. The van der Waals surface area contributed by atoms with Gasteiger partial charge in [0.2, 0.25) is 0 Å². The molecule has 9 nitrogen and oxygen atoms in total. The molecule has 1 atom stereocenters. The highest BCUT2D eigenvalue weighted by molar-refractivity contribution is 5.74. The minimum Gasteiger partial charge on any atom is -0.388 e. The van der Waals surface area contributed by atoms with Crippen LogP contribution in [0, 0.1) is 0 Å². The first kappa shape index (κ1) is 18.4. The summed E-state index contributed by atoms with van der Waals surface area (Å²) in [7, 11) is 1.88. The van der Waals surface area contributed by atoms with Crippen LogP contribution in [0.4, 0.5) is 4.79 Å². The quantitative estimate of drug-likeness (QED) is 0.801. The summed E-state index contributed by atoms with van der Waals surface area (Å²) in [6, 6.07) is 0.301. The summed E-state index contributed by atoms with van der Waals surface area (Å²) in [6.45, 7) is 4.05. The Morgan fingerprint density at radius 1 is 1.38 bits per heavy atom. The first-order valence-electron chi connectivity index (χ1n) is 9.09. The van der Waals surface area contributed by atoms with Gasteiger partial charge in [0.25, 0.3) is 0 Å². The molecule has 2 aromatic rings. The van der Waals surface area contributed by atoms with Crippen molar-refractivity contribution in [2.24, 2.45) is 7.05 Å². The second kappa shape index (κ2) is 8.31. The Morgan fingerprint density at radius 2 is 2.15 bits per heavy atom. The number of nitrogens with one attached hydrogen (secondary N) is 1. The van der Waals surface area contributed by atoms with Gasteiger partial charge in [-0.15, -0.1) is 10.2 Å². The zero-order chi connectivity index (χ0) is 18.5. The number of carbonyl (C=O) groups excluding carboxylic acids is 1. The van der Waals surface area contributed by atoms with Crippen LogP contribution in [0.1, 0.15) is 49.8 Å². The Kier molecular flexibility index (Phi) is 5.87. The lowest BCUT2D eigenvalue weighted by Gasteiger charge is -2.31. The molecule has 142 valence electrons. The summed E-state index contributed by atoms with van der Waals surface area (Å²) in [5.74, 6) is 1.74. The minimum absolute atomic E-state index is 0.00436. The summed E-state index contributed by atoms with van der Waals surface area (Å²) in [5, 5.41) is 20.5. The molecule has 26 heavy (non-hydrogen) atoms. The average molecular weight is 361 g/mol. The van der Waals surface area contributed by atoms with Crippen LogP contribution in [0.3, 0.4) is 0 Å².